The van der Waals surface area contributed by atoms with Crippen LogP contribution in [0.3, 0.4) is 0 Å². The van der Waals surface area contributed by atoms with E-state index in [1.165, 1.54) is 4.90 Å². The molecule has 1 saturated carbocycles. The highest BCUT2D eigenvalue weighted by Crippen LogP contribution is 2.45. The molecule has 152 valence electrons. The van der Waals surface area contributed by atoms with Gasteiger partial charge in [-0.3, -0.25) is 14.5 Å². The first-order valence-corrected chi connectivity index (χ1v) is 10.7. The molecule has 0 atom stereocenters. The molecule has 2 heterocycles. The van der Waals surface area contributed by atoms with Crippen molar-refractivity contribution in [2.24, 2.45) is 11.3 Å². The first-order valence-electron chi connectivity index (χ1n) is 10.7. The maximum Gasteiger partial charge on any atom is 0.325 e. The molecule has 0 aromatic carbocycles. The highest BCUT2D eigenvalue weighted by molar-refractivity contribution is 6.09. The number of carbonyl (C=O) groups excluding carboxylic acids is 3. The second-order valence-electron chi connectivity index (χ2n) is 9.31. The fraction of sp³-hybridized carbons (Fsp3) is 0.857. The maximum atomic E-state index is 13.1. The molecule has 0 bridgehead atoms. The van der Waals surface area contributed by atoms with Gasteiger partial charge in [-0.1, -0.05) is 40.0 Å². The summed E-state index contributed by atoms with van der Waals surface area (Å²) in [5.41, 5.74) is -0.522. The summed E-state index contributed by atoms with van der Waals surface area (Å²) in [6.07, 6.45) is 8.66. The Morgan fingerprint density at radius 2 is 1.70 bits per heavy atom. The molecule has 0 aromatic rings. The Kier molecular flexibility index (Phi) is 5.82. The average Bonchev–Trinajstić information content (AvgIpc) is 2.86. The Morgan fingerprint density at radius 3 is 2.26 bits per heavy atom. The van der Waals surface area contributed by atoms with Crippen LogP contribution in [0.1, 0.15) is 78.6 Å². The third kappa shape index (κ3) is 3.99. The van der Waals surface area contributed by atoms with Crippen molar-refractivity contribution in [3.05, 3.63) is 0 Å². The highest BCUT2D eigenvalue weighted by Gasteiger charge is 2.53. The van der Waals surface area contributed by atoms with Crippen molar-refractivity contribution in [3.8, 4) is 0 Å². The molecule has 0 unspecified atom stereocenters. The molecule has 4 amide bonds. The third-order valence-electron chi connectivity index (χ3n) is 7.35. The Bertz CT molecular complexity index is 585. The molecule has 3 aliphatic rings. The number of rotatable bonds is 4. The van der Waals surface area contributed by atoms with Crippen molar-refractivity contribution in [2.45, 2.75) is 84.1 Å². The van der Waals surface area contributed by atoms with Crippen LogP contribution in [0.5, 0.6) is 0 Å². The van der Waals surface area contributed by atoms with E-state index in [0.29, 0.717) is 18.8 Å². The van der Waals surface area contributed by atoms with Crippen LogP contribution in [0.15, 0.2) is 0 Å². The quantitative estimate of drug-likeness (QED) is 0.764. The topological polar surface area (TPSA) is 69.7 Å². The third-order valence-corrected chi connectivity index (χ3v) is 7.35. The summed E-state index contributed by atoms with van der Waals surface area (Å²) in [4.78, 5) is 41.2. The van der Waals surface area contributed by atoms with Crippen molar-refractivity contribution in [3.63, 3.8) is 0 Å². The number of imide groups is 1. The van der Waals surface area contributed by atoms with Gasteiger partial charge in [-0.05, 0) is 49.9 Å². The molecular formula is C21H35N3O3. The second kappa shape index (κ2) is 7.80. The molecule has 3 rings (SSSR count). The Labute approximate surface area is 163 Å². The van der Waals surface area contributed by atoms with Crippen LogP contribution < -0.4 is 5.32 Å². The molecule has 6 heteroatoms. The maximum absolute atomic E-state index is 13.1. The van der Waals surface area contributed by atoms with Gasteiger partial charge in [0.2, 0.25) is 5.91 Å². The van der Waals surface area contributed by atoms with Crippen molar-refractivity contribution in [2.75, 3.05) is 19.6 Å². The summed E-state index contributed by atoms with van der Waals surface area (Å²) in [6, 6.07) is -0.392. The fourth-order valence-corrected chi connectivity index (χ4v) is 4.89. The van der Waals surface area contributed by atoms with Crippen LogP contribution in [0.25, 0.3) is 0 Å². The first kappa shape index (κ1) is 20.2. The smallest absolute Gasteiger partial charge is 0.325 e. The number of nitrogens with zero attached hydrogens (tertiary/aromatic N) is 2. The van der Waals surface area contributed by atoms with Gasteiger partial charge in [-0.15, -0.1) is 0 Å². The van der Waals surface area contributed by atoms with Gasteiger partial charge in [0.15, 0.2) is 0 Å². The Balaban J connectivity index is 1.62. The van der Waals surface area contributed by atoms with Gasteiger partial charge in [0.05, 0.1) is 0 Å². The molecule has 0 radical (unpaired) electrons. The van der Waals surface area contributed by atoms with Crippen molar-refractivity contribution in [1.82, 2.24) is 15.1 Å². The molecule has 2 saturated heterocycles. The molecule has 1 aliphatic carbocycles. The Morgan fingerprint density at radius 1 is 1.11 bits per heavy atom. The van der Waals surface area contributed by atoms with Gasteiger partial charge >= 0.3 is 6.03 Å². The van der Waals surface area contributed by atoms with E-state index < -0.39 is 11.6 Å². The molecule has 6 nitrogen and oxygen atoms in total. The Hall–Kier alpha value is -1.59. The lowest BCUT2D eigenvalue weighted by atomic mass is 9.65. The summed E-state index contributed by atoms with van der Waals surface area (Å²) < 4.78 is 0. The number of nitrogens with one attached hydrogen (secondary N) is 1. The van der Waals surface area contributed by atoms with Crippen molar-refractivity contribution >= 4 is 17.8 Å². The predicted molar refractivity (Wildman–Crippen MR) is 104 cm³/mol. The largest absolute Gasteiger partial charge is 0.341 e. The lowest BCUT2D eigenvalue weighted by Crippen LogP contribution is -2.51. The molecule has 1 N–H and O–H groups in total. The predicted octanol–water partition coefficient (Wildman–Crippen LogP) is 3.31. The van der Waals surface area contributed by atoms with Gasteiger partial charge in [-0.2, -0.15) is 0 Å². The van der Waals surface area contributed by atoms with Crippen LogP contribution in [-0.2, 0) is 9.59 Å². The van der Waals surface area contributed by atoms with Gasteiger partial charge < -0.3 is 10.2 Å². The van der Waals surface area contributed by atoms with Gasteiger partial charge in [0, 0.05) is 13.1 Å². The molecule has 27 heavy (non-hydrogen) atoms. The van der Waals surface area contributed by atoms with Crippen LogP contribution in [0.2, 0.25) is 0 Å². The van der Waals surface area contributed by atoms with E-state index in [-0.39, 0.29) is 23.8 Å². The number of amides is 4. The average molecular weight is 378 g/mol. The summed E-state index contributed by atoms with van der Waals surface area (Å²) in [5, 5.41) is 2.95. The fourth-order valence-electron chi connectivity index (χ4n) is 4.89. The highest BCUT2D eigenvalue weighted by atomic mass is 16.2. The zero-order valence-electron chi connectivity index (χ0n) is 17.2. The standard InChI is InChI=1S/C21H35N3O3/c1-4-20(2,3)16-9-11-21(12-10-16)18(26)24(19(27)22-21)15-17(25)23-13-7-5-6-8-14-23/h16H,4-15H2,1-3H3,(H,22,27). The number of carbonyl (C=O) groups is 3. The summed E-state index contributed by atoms with van der Waals surface area (Å²) >= 11 is 0. The summed E-state index contributed by atoms with van der Waals surface area (Å²) in [6.45, 7) is 8.15. The SMILES string of the molecule is CCC(C)(C)C1CCC2(CC1)NC(=O)N(CC(=O)N1CCCCCC1)C2=O. The van der Waals surface area contributed by atoms with E-state index in [1.54, 1.807) is 0 Å². The van der Waals surface area contributed by atoms with Crippen LogP contribution in [-0.4, -0.2) is 52.8 Å². The van der Waals surface area contributed by atoms with Crippen LogP contribution >= 0.6 is 0 Å². The van der Waals surface area contributed by atoms with E-state index in [9.17, 15) is 14.4 Å². The van der Waals surface area contributed by atoms with Gasteiger partial charge in [-0.25, -0.2) is 4.79 Å². The zero-order chi connectivity index (χ0) is 19.7. The minimum absolute atomic E-state index is 0.0988. The number of likely N-dealkylation sites (tertiary alicyclic amines) is 1. The number of hydrogen-bond acceptors (Lipinski definition) is 3. The second-order valence-corrected chi connectivity index (χ2v) is 9.31. The van der Waals surface area contributed by atoms with Gasteiger partial charge in [0.1, 0.15) is 12.1 Å². The summed E-state index contributed by atoms with van der Waals surface area (Å²) in [7, 11) is 0. The number of hydrogen-bond donors (Lipinski definition) is 1. The van der Waals surface area contributed by atoms with E-state index in [1.807, 2.05) is 4.90 Å². The monoisotopic (exact) mass is 377 g/mol. The minimum atomic E-state index is -0.781. The van der Waals surface area contributed by atoms with E-state index in [4.69, 9.17) is 0 Å². The lowest BCUT2D eigenvalue weighted by molar-refractivity contribution is -0.139. The summed E-state index contributed by atoms with van der Waals surface area (Å²) in [5.74, 6) is 0.285. The van der Waals surface area contributed by atoms with Crippen molar-refractivity contribution in [1.29, 1.82) is 0 Å². The minimum Gasteiger partial charge on any atom is -0.341 e. The molecule has 3 fully saturated rings. The lowest BCUT2D eigenvalue weighted by Gasteiger charge is -2.42. The molecule has 2 aliphatic heterocycles. The van der Waals surface area contributed by atoms with E-state index in [2.05, 4.69) is 26.1 Å². The van der Waals surface area contributed by atoms with E-state index >= 15 is 0 Å². The molecular weight excluding hydrogens is 342 g/mol. The van der Waals surface area contributed by atoms with Crippen molar-refractivity contribution < 1.29 is 14.4 Å². The normalized spacial score (nSPS) is 29.8. The first-order chi connectivity index (χ1) is 12.8. The number of urea groups is 1. The molecule has 1 spiro atoms. The van der Waals surface area contributed by atoms with E-state index in [0.717, 1.165) is 58.0 Å². The van der Waals surface area contributed by atoms with Gasteiger partial charge in [0.25, 0.3) is 5.91 Å². The van der Waals surface area contributed by atoms with Crippen LogP contribution in [0, 0.1) is 11.3 Å². The molecule has 0 aromatic heterocycles. The van der Waals surface area contributed by atoms with Crippen LogP contribution in [0.4, 0.5) is 4.79 Å². The zero-order valence-corrected chi connectivity index (χ0v) is 17.2.